The number of carbonyl (C=O) groups excluding carboxylic acids is 1. The summed E-state index contributed by atoms with van der Waals surface area (Å²) in [5, 5.41) is 11.0. The monoisotopic (exact) mass is 251 g/mol. The van der Waals surface area contributed by atoms with E-state index >= 15 is 0 Å². The minimum absolute atomic E-state index is 0.222. The second-order valence-electron chi connectivity index (χ2n) is 3.91. The molecule has 0 atom stereocenters. The zero-order valence-electron chi connectivity index (χ0n) is 10.3. The summed E-state index contributed by atoms with van der Waals surface area (Å²) < 4.78 is 4.67. The lowest BCUT2D eigenvalue weighted by Gasteiger charge is -2.07. The normalized spacial score (nSPS) is 10.1. The molecule has 1 aromatic carbocycles. The van der Waals surface area contributed by atoms with Crippen LogP contribution in [0.1, 0.15) is 11.1 Å². The number of benzene rings is 1. The lowest BCUT2D eigenvalue weighted by Crippen LogP contribution is -2.30. The Morgan fingerprint density at radius 2 is 2.00 bits per heavy atom. The Hall–Kier alpha value is -1.88. The Balaban J connectivity index is 2.20. The van der Waals surface area contributed by atoms with Gasteiger partial charge in [-0.15, -0.1) is 0 Å². The van der Waals surface area contributed by atoms with Gasteiger partial charge in [-0.3, -0.25) is 4.79 Å². The third kappa shape index (κ3) is 5.45. The van der Waals surface area contributed by atoms with E-state index in [0.717, 1.165) is 6.42 Å². The van der Waals surface area contributed by atoms with Gasteiger partial charge in [0.1, 0.15) is 13.2 Å². The fourth-order valence-electron chi connectivity index (χ4n) is 1.51. The number of carbonyl (C=O) groups is 2. The minimum atomic E-state index is -1.08. The molecule has 0 bridgehead atoms. The van der Waals surface area contributed by atoms with Crippen molar-refractivity contribution in [1.29, 1.82) is 0 Å². The quantitative estimate of drug-likeness (QED) is 0.750. The number of nitrogens with one attached hydrogen (secondary N) is 1. The van der Waals surface area contributed by atoms with Gasteiger partial charge in [-0.25, -0.2) is 4.79 Å². The highest BCUT2D eigenvalue weighted by Crippen LogP contribution is 2.06. The molecule has 0 fully saturated rings. The second kappa shape index (κ2) is 7.45. The molecular weight excluding hydrogens is 234 g/mol. The van der Waals surface area contributed by atoms with Crippen molar-refractivity contribution < 1.29 is 19.4 Å². The maximum absolute atomic E-state index is 11.3. The molecule has 1 rings (SSSR count). The Morgan fingerprint density at radius 1 is 1.28 bits per heavy atom. The van der Waals surface area contributed by atoms with Crippen molar-refractivity contribution in [1.82, 2.24) is 5.32 Å². The summed E-state index contributed by atoms with van der Waals surface area (Å²) in [7, 11) is 0. The smallest absolute Gasteiger partial charge is 0.329 e. The van der Waals surface area contributed by atoms with Crippen molar-refractivity contribution in [3.05, 3.63) is 35.4 Å². The average Bonchev–Trinajstić information content (AvgIpc) is 2.31. The van der Waals surface area contributed by atoms with E-state index in [1.165, 1.54) is 11.1 Å². The van der Waals surface area contributed by atoms with Gasteiger partial charge < -0.3 is 15.2 Å². The average molecular weight is 251 g/mol. The molecule has 0 saturated heterocycles. The summed E-state index contributed by atoms with van der Waals surface area (Å²) in [5.41, 5.74) is 2.37. The van der Waals surface area contributed by atoms with Crippen LogP contribution in [0.4, 0.5) is 0 Å². The van der Waals surface area contributed by atoms with Crippen LogP contribution in [0.5, 0.6) is 0 Å². The number of hydrogen-bond acceptors (Lipinski definition) is 3. The third-order valence-corrected chi connectivity index (χ3v) is 2.44. The summed E-state index contributed by atoms with van der Waals surface area (Å²) in [4.78, 5) is 21.4. The standard InChI is InChI=1S/C13H17NO4/c1-10-4-2-3-5-11(10)6-7-14-12(15)8-18-9-13(16)17/h2-5H,6-9H2,1H3,(H,14,15)(H,16,17). The highest BCUT2D eigenvalue weighted by atomic mass is 16.5. The van der Waals surface area contributed by atoms with Gasteiger partial charge >= 0.3 is 5.97 Å². The predicted octanol–water partition coefficient (Wildman–Crippen LogP) is 0.755. The number of carboxylic acid groups (broad SMARTS) is 1. The molecule has 1 amide bonds. The van der Waals surface area contributed by atoms with Crippen molar-refractivity contribution in [2.45, 2.75) is 13.3 Å². The highest BCUT2D eigenvalue weighted by molar-refractivity contribution is 5.77. The Labute approximate surface area is 106 Å². The second-order valence-corrected chi connectivity index (χ2v) is 3.91. The molecule has 98 valence electrons. The van der Waals surface area contributed by atoms with E-state index in [0.29, 0.717) is 6.54 Å². The van der Waals surface area contributed by atoms with Crippen LogP contribution in [0.25, 0.3) is 0 Å². The van der Waals surface area contributed by atoms with E-state index in [4.69, 9.17) is 5.11 Å². The van der Waals surface area contributed by atoms with E-state index in [2.05, 4.69) is 10.1 Å². The van der Waals surface area contributed by atoms with Gasteiger partial charge in [0.15, 0.2) is 0 Å². The number of hydrogen-bond donors (Lipinski definition) is 2. The summed E-state index contributed by atoms with van der Waals surface area (Å²) >= 11 is 0. The SMILES string of the molecule is Cc1ccccc1CCNC(=O)COCC(=O)O. The van der Waals surface area contributed by atoms with E-state index in [-0.39, 0.29) is 12.5 Å². The van der Waals surface area contributed by atoms with Gasteiger partial charge in [0.25, 0.3) is 0 Å². The molecule has 0 heterocycles. The van der Waals surface area contributed by atoms with E-state index in [1.54, 1.807) is 0 Å². The summed E-state index contributed by atoms with van der Waals surface area (Å²) in [5.74, 6) is -1.38. The maximum Gasteiger partial charge on any atom is 0.329 e. The molecule has 0 aromatic heterocycles. The van der Waals surface area contributed by atoms with Gasteiger partial charge in [-0.1, -0.05) is 24.3 Å². The van der Waals surface area contributed by atoms with Crippen LogP contribution >= 0.6 is 0 Å². The predicted molar refractivity (Wildman–Crippen MR) is 66.3 cm³/mol. The van der Waals surface area contributed by atoms with E-state index < -0.39 is 12.6 Å². The number of amides is 1. The van der Waals surface area contributed by atoms with Crippen LogP contribution in [0.3, 0.4) is 0 Å². The van der Waals surface area contributed by atoms with Crippen LogP contribution in [0.15, 0.2) is 24.3 Å². The van der Waals surface area contributed by atoms with Crippen LogP contribution in [0.2, 0.25) is 0 Å². The molecular formula is C13H17NO4. The molecule has 0 spiro atoms. The third-order valence-electron chi connectivity index (χ3n) is 2.44. The molecule has 0 aliphatic rings. The molecule has 0 saturated carbocycles. The Morgan fingerprint density at radius 3 is 2.67 bits per heavy atom. The number of aliphatic carboxylic acids is 1. The zero-order chi connectivity index (χ0) is 13.4. The topological polar surface area (TPSA) is 75.6 Å². The largest absolute Gasteiger partial charge is 0.480 e. The molecule has 0 aliphatic heterocycles. The summed E-state index contributed by atoms with van der Waals surface area (Å²) in [6.07, 6.45) is 0.747. The molecule has 18 heavy (non-hydrogen) atoms. The fraction of sp³-hybridized carbons (Fsp3) is 0.385. The molecule has 0 unspecified atom stereocenters. The van der Waals surface area contributed by atoms with Crippen molar-refractivity contribution >= 4 is 11.9 Å². The molecule has 1 aromatic rings. The lowest BCUT2D eigenvalue weighted by atomic mass is 10.1. The number of rotatable bonds is 7. The Bertz CT molecular complexity index is 417. The first-order valence-electron chi connectivity index (χ1n) is 5.70. The first-order valence-corrected chi connectivity index (χ1v) is 5.70. The summed E-state index contributed by atoms with van der Waals surface area (Å²) in [6, 6.07) is 7.97. The van der Waals surface area contributed by atoms with Crippen molar-refractivity contribution in [2.24, 2.45) is 0 Å². The summed E-state index contributed by atoms with van der Waals surface area (Å²) in [6.45, 7) is 1.86. The lowest BCUT2D eigenvalue weighted by molar-refractivity contribution is -0.143. The van der Waals surface area contributed by atoms with Crippen LogP contribution in [0, 0.1) is 6.92 Å². The van der Waals surface area contributed by atoms with Gasteiger partial charge in [0.05, 0.1) is 0 Å². The first kappa shape index (κ1) is 14.2. The zero-order valence-corrected chi connectivity index (χ0v) is 10.3. The van der Waals surface area contributed by atoms with E-state index in [1.807, 2.05) is 31.2 Å². The van der Waals surface area contributed by atoms with Gasteiger partial charge in [-0.05, 0) is 24.5 Å². The number of aryl methyl sites for hydroxylation is 1. The molecule has 0 radical (unpaired) electrons. The number of carboxylic acids is 1. The van der Waals surface area contributed by atoms with E-state index in [9.17, 15) is 9.59 Å². The van der Waals surface area contributed by atoms with Crippen molar-refractivity contribution in [2.75, 3.05) is 19.8 Å². The van der Waals surface area contributed by atoms with Crippen LogP contribution < -0.4 is 5.32 Å². The minimum Gasteiger partial charge on any atom is -0.480 e. The van der Waals surface area contributed by atoms with Crippen molar-refractivity contribution in [3.8, 4) is 0 Å². The van der Waals surface area contributed by atoms with Gasteiger partial charge in [0.2, 0.25) is 5.91 Å². The number of ether oxygens (including phenoxy) is 1. The Kier molecular flexibility index (Phi) is 5.87. The molecule has 5 nitrogen and oxygen atoms in total. The van der Waals surface area contributed by atoms with Crippen LogP contribution in [-0.4, -0.2) is 36.7 Å². The van der Waals surface area contributed by atoms with Crippen molar-refractivity contribution in [3.63, 3.8) is 0 Å². The van der Waals surface area contributed by atoms with Gasteiger partial charge in [0, 0.05) is 6.54 Å². The molecule has 5 heteroatoms. The highest BCUT2D eigenvalue weighted by Gasteiger charge is 2.03. The van der Waals surface area contributed by atoms with Crippen LogP contribution in [-0.2, 0) is 20.7 Å². The van der Waals surface area contributed by atoms with Gasteiger partial charge in [-0.2, -0.15) is 0 Å². The fourth-order valence-corrected chi connectivity index (χ4v) is 1.51. The first-order chi connectivity index (χ1) is 8.59. The molecule has 2 N–H and O–H groups in total. The maximum atomic E-state index is 11.3. The molecule has 0 aliphatic carbocycles.